The fourth-order valence-electron chi connectivity index (χ4n) is 2.61. The molecule has 2 atom stereocenters. The van der Waals surface area contributed by atoms with Crippen LogP contribution in [-0.4, -0.2) is 71.1 Å². The Morgan fingerprint density at radius 1 is 0.581 bits per heavy atom. The van der Waals surface area contributed by atoms with Gasteiger partial charge in [-0.2, -0.15) is 43.9 Å². The third kappa shape index (κ3) is 21.7. The molecule has 0 aliphatic rings. The van der Waals surface area contributed by atoms with Crippen LogP contribution in [0.15, 0.2) is 0 Å². The minimum atomic E-state index is -5.88. The summed E-state index contributed by atoms with van der Waals surface area (Å²) in [5.74, 6) is -23.2. The number of alkyl halides is 10. The van der Waals surface area contributed by atoms with Crippen LogP contribution in [0.1, 0.15) is 79.1 Å². The molecule has 0 aromatic rings. The van der Waals surface area contributed by atoms with Gasteiger partial charge in [0.15, 0.2) is 0 Å². The van der Waals surface area contributed by atoms with E-state index in [1.54, 1.807) is 0 Å². The number of carbonyl (C=O) groups excluding carboxylic acids is 4. The number of rotatable bonds is 14. The van der Waals surface area contributed by atoms with E-state index < -0.39 is 85.2 Å². The van der Waals surface area contributed by atoms with E-state index in [1.165, 1.54) is 0 Å². The number of aliphatic hydroxyl groups is 2. The van der Waals surface area contributed by atoms with Gasteiger partial charge in [-0.3, -0.25) is 9.59 Å². The summed E-state index contributed by atoms with van der Waals surface area (Å²) in [6, 6.07) is 0. The van der Waals surface area contributed by atoms with Gasteiger partial charge < -0.3 is 30.0 Å². The van der Waals surface area contributed by atoms with Gasteiger partial charge in [-0.1, -0.05) is 40.5 Å². The Morgan fingerprint density at radius 3 is 0.907 bits per heavy atom. The largest absolute Gasteiger partial charge is 2.00 e. The third-order valence-corrected chi connectivity index (χ3v) is 4.89. The van der Waals surface area contributed by atoms with E-state index >= 15 is 0 Å². The Labute approximate surface area is 261 Å². The number of hydrogen-bond donors (Lipinski definition) is 2. The molecule has 2 unspecified atom stereocenters. The second-order valence-electron chi connectivity index (χ2n) is 8.35. The van der Waals surface area contributed by atoms with Gasteiger partial charge in [-0.25, -0.2) is 0 Å². The van der Waals surface area contributed by atoms with E-state index in [4.69, 9.17) is 10.2 Å². The van der Waals surface area contributed by atoms with Gasteiger partial charge in [-0.05, 0) is 25.7 Å². The molecule has 19 heteroatoms. The molecule has 0 radical (unpaired) electrons. The molecule has 8 nitrogen and oxygen atoms in total. The summed E-state index contributed by atoms with van der Waals surface area (Å²) in [5.41, 5.74) is 0. The van der Waals surface area contributed by atoms with Crippen LogP contribution in [0.2, 0.25) is 0 Å². The van der Waals surface area contributed by atoms with Crippen molar-refractivity contribution < 1.29 is 110 Å². The fraction of sp³-hybridized carbons (Fsp3) is 0.833. The van der Waals surface area contributed by atoms with Crippen molar-refractivity contribution in [1.29, 1.82) is 0 Å². The summed E-state index contributed by atoms with van der Waals surface area (Å²) in [6.07, 6.45) is -12.2. The van der Waals surface area contributed by atoms with Crippen molar-refractivity contribution in [3.05, 3.63) is 0 Å². The molecule has 0 spiro atoms. The second-order valence-corrected chi connectivity index (χ2v) is 8.35. The first-order valence-electron chi connectivity index (χ1n) is 12.5. The number of aliphatic carboxylic acids is 2. The molecule has 0 fully saturated rings. The molecule has 0 aromatic heterocycles. The number of unbranched alkanes of at least 4 members (excludes halogenated alkanes) is 2. The third-order valence-electron chi connectivity index (χ3n) is 4.89. The van der Waals surface area contributed by atoms with Crippen LogP contribution >= 0.6 is 0 Å². The first-order chi connectivity index (χ1) is 18.9. The van der Waals surface area contributed by atoms with Crippen molar-refractivity contribution in [1.82, 2.24) is 0 Å². The zero-order chi connectivity index (χ0) is 34.5. The SMILES string of the molecule is CCC(C(=O)CC(=O)[O-])C(F)(F)C(F)(F)F.CCC(C(=O)CC(=O)[O-])C(F)(F)C(F)(F)F.CCCCO.CCCCO.[Zr+2]. The zero-order valence-electron chi connectivity index (χ0n) is 23.8. The van der Waals surface area contributed by atoms with E-state index in [9.17, 15) is 73.3 Å². The van der Waals surface area contributed by atoms with Crippen LogP contribution in [0.4, 0.5) is 43.9 Å². The van der Waals surface area contributed by atoms with Gasteiger partial charge in [0.25, 0.3) is 0 Å². The van der Waals surface area contributed by atoms with E-state index in [-0.39, 0.29) is 26.2 Å². The van der Waals surface area contributed by atoms with Gasteiger partial charge in [0.2, 0.25) is 0 Å². The molecule has 0 amide bonds. The minimum absolute atomic E-state index is 0. The molecule has 0 aliphatic carbocycles. The van der Waals surface area contributed by atoms with Gasteiger partial charge >= 0.3 is 50.4 Å². The van der Waals surface area contributed by atoms with Crippen molar-refractivity contribution in [3.63, 3.8) is 0 Å². The predicted octanol–water partition coefficient (Wildman–Crippen LogP) is 3.39. The molecule has 0 saturated heterocycles. The van der Waals surface area contributed by atoms with Crippen molar-refractivity contribution in [2.45, 2.75) is 103 Å². The maximum absolute atomic E-state index is 12.7. The number of carbonyl (C=O) groups is 4. The van der Waals surface area contributed by atoms with Crippen molar-refractivity contribution in [2.75, 3.05) is 13.2 Å². The number of carboxylic acids is 2. The monoisotopic (exact) mass is 732 g/mol. The first kappa shape index (κ1) is 51.0. The van der Waals surface area contributed by atoms with Crippen LogP contribution in [0, 0.1) is 11.8 Å². The Bertz CT molecular complexity index is 723. The molecular formula is C24H36F10O8Zr. The van der Waals surface area contributed by atoms with Crippen molar-refractivity contribution in [2.24, 2.45) is 11.8 Å². The van der Waals surface area contributed by atoms with Crippen LogP contribution < -0.4 is 10.2 Å². The summed E-state index contributed by atoms with van der Waals surface area (Å²) in [6.45, 7) is 6.68. The van der Waals surface area contributed by atoms with E-state index in [0.717, 1.165) is 39.5 Å². The van der Waals surface area contributed by atoms with Crippen LogP contribution in [0.3, 0.4) is 0 Å². The van der Waals surface area contributed by atoms with Crippen LogP contribution in [0.25, 0.3) is 0 Å². The van der Waals surface area contributed by atoms with Gasteiger partial charge in [0, 0.05) is 38.0 Å². The standard InChI is InChI=1S/2C8H9F5O3.2C4H10O.Zr/c2*1-2-4(5(14)3-6(15)16)7(9,10)8(11,12)13;2*1-2-3-4-5;/h2*4H,2-3H2,1H3,(H,15,16);2*5H,2-4H2,1H3;/q;;;;+2/p-2. The summed E-state index contributed by atoms with van der Waals surface area (Å²) in [5, 5.41) is 36.0. The summed E-state index contributed by atoms with van der Waals surface area (Å²) < 4.78 is 122. The molecule has 0 heterocycles. The molecule has 0 saturated carbocycles. The first-order valence-corrected chi connectivity index (χ1v) is 12.5. The van der Waals surface area contributed by atoms with Gasteiger partial charge in [-0.15, -0.1) is 0 Å². The minimum Gasteiger partial charge on any atom is -0.550 e. The van der Waals surface area contributed by atoms with Crippen LogP contribution in [-0.2, 0) is 45.4 Å². The summed E-state index contributed by atoms with van der Waals surface area (Å²) in [4.78, 5) is 41.7. The fourth-order valence-corrected chi connectivity index (χ4v) is 2.61. The molecule has 254 valence electrons. The van der Waals surface area contributed by atoms with Gasteiger partial charge in [0.05, 0.1) is 11.8 Å². The summed E-state index contributed by atoms with van der Waals surface area (Å²) >= 11 is 0. The number of halogens is 10. The number of hydrogen-bond acceptors (Lipinski definition) is 8. The zero-order valence-corrected chi connectivity index (χ0v) is 26.3. The number of aliphatic hydroxyl groups excluding tert-OH is 2. The Morgan fingerprint density at radius 2 is 0.814 bits per heavy atom. The Hall–Kier alpha value is -1.62. The van der Waals surface area contributed by atoms with Gasteiger partial charge in [0.1, 0.15) is 11.6 Å². The number of Topliss-reactive ketones (excluding diaryl/α,β-unsaturated/α-hetero) is 2. The maximum atomic E-state index is 12.7. The average molecular weight is 734 g/mol. The molecule has 0 bridgehead atoms. The van der Waals surface area contributed by atoms with Crippen LogP contribution in [0.5, 0.6) is 0 Å². The van der Waals surface area contributed by atoms with E-state index in [2.05, 4.69) is 13.8 Å². The molecule has 0 aliphatic heterocycles. The molecule has 2 N–H and O–H groups in total. The number of carboxylic acid groups (broad SMARTS) is 2. The maximum Gasteiger partial charge on any atom is 2.00 e. The summed E-state index contributed by atoms with van der Waals surface area (Å²) in [7, 11) is 0. The predicted molar refractivity (Wildman–Crippen MR) is 123 cm³/mol. The van der Waals surface area contributed by atoms with E-state index in [0.29, 0.717) is 13.2 Å². The molecular weight excluding hydrogens is 697 g/mol. The van der Waals surface area contributed by atoms with Crippen molar-refractivity contribution in [3.8, 4) is 0 Å². The topological polar surface area (TPSA) is 155 Å². The quantitative estimate of drug-likeness (QED) is 0.204. The van der Waals surface area contributed by atoms with E-state index in [1.807, 2.05) is 0 Å². The molecule has 43 heavy (non-hydrogen) atoms. The Balaban J connectivity index is -0.000000167. The Kier molecular flexibility index (Phi) is 29.3. The smallest absolute Gasteiger partial charge is 0.550 e. The second kappa shape index (κ2) is 24.7. The average Bonchev–Trinajstić information content (AvgIpc) is 2.79. The molecule has 0 rings (SSSR count). The normalized spacial score (nSPS) is 12.8. The van der Waals surface area contributed by atoms with Crippen molar-refractivity contribution >= 4 is 23.5 Å². The number of ketones is 2. The molecule has 0 aromatic carbocycles.